The first kappa shape index (κ1) is 20.8. The van der Waals surface area contributed by atoms with Gasteiger partial charge in [-0.1, -0.05) is 19.3 Å². The van der Waals surface area contributed by atoms with Gasteiger partial charge in [-0.2, -0.15) is 0 Å². The van der Waals surface area contributed by atoms with Crippen molar-refractivity contribution in [1.29, 1.82) is 0 Å². The second-order valence-corrected chi connectivity index (χ2v) is 9.03. The fourth-order valence-corrected chi connectivity index (χ4v) is 4.87. The minimum Gasteiger partial charge on any atom is -0.389 e. The van der Waals surface area contributed by atoms with Crippen LogP contribution in [-0.4, -0.2) is 44.6 Å². The van der Waals surface area contributed by atoms with Gasteiger partial charge in [0.2, 0.25) is 5.91 Å². The van der Waals surface area contributed by atoms with Gasteiger partial charge in [-0.15, -0.1) is 0 Å². The zero-order valence-corrected chi connectivity index (χ0v) is 17.8. The Balaban J connectivity index is 1.49. The summed E-state index contributed by atoms with van der Waals surface area (Å²) in [4.78, 5) is 23.9. The number of hydrogen-bond acceptors (Lipinski definition) is 5. The number of carbonyl (C=O) groups excluding carboxylic acids is 1. The van der Waals surface area contributed by atoms with Crippen LogP contribution in [0.5, 0.6) is 0 Å². The van der Waals surface area contributed by atoms with Crippen molar-refractivity contribution in [1.82, 2.24) is 14.9 Å². The molecule has 1 saturated heterocycles. The van der Waals surface area contributed by atoms with Crippen molar-refractivity contribution in [2.75, 3.05) is 18.8 Å². The average Bonchev–Trinajstić information content (AvgIpc) is 2.74. The van der Waals surface area contributed by atoms with Gasteiger partial charge in [0.1, 0.15) is 5.82 Å². The molecule has 2 fully saturated rings. The first-order valence-electron chi connectivity index (χ1n) is 11.1. The van der Waals surface area contributed by atoms with Crippen LogP contribution in [0.4, 0.5) is 5.82 Å². The van der Waals surface area contributed by atoms with Crippen LogP contribution in [0.2, 0.25) is 0 Å². The van der Waals surface area contributed by atoms with Gasteiger partial charge in [0.05, 0.1) is 12.0 Å². The summed E-state index contributed by atoms with van der Waals surface area (Å²) in [6, 6.07) is 7.96. The zero-order valence-electron chi connectivity index (χ0n) is 17.8. The minimum atomic E-state index is -0.806. The fraction of sp³-hybridized carbons (Fsp3) is 0.542. The number of carbonyl (C=O) groups is 1. The summed E-state index contributed by atoms with van der Waals surface area (Å²) in [6.07, 6.45) is 8.70. The molecular formula is C24H32N4O2. The monoisotopic (exact) mass is 408 g/mol. The molecule has 160 valence electrons. The highest BCUT2D eigenvalue weighted by Gasteiger charge is 2.35. The lowest BCUT2D eigenvalue weighted by atomic mass is 9.82. The summed E-state index contributed by atoms with van der Waals surface area (Å²) in [7, 11) is 0. The summed E-state index contributed by atoms with van der Waals surface area (Å²) < 4.78 is 0. The molecule has 1 amide bonds. The zero-order chi connectivity index (χ0) is 21.1. The van der Waals surface area contributed by atoms with Crippen molar-refractivity contribution < 1.29 is 9.90 Å². The van der Waals surface area contributed by atoms with Gasteiger partial charge in [-0.25, -0.2) is 4.98 Å². The van der Waals surface area contributed by atoms with Crippen molar-refractivity contribution in [3.63, 3.8) is 0 Å². The van der Waals surface area contributed by atoms with Gasteiger partial charge in [-0.05, 0) is 62.4 Å². The van der Waals surface area contributed by atoms with E-state index in [0.29, 0.717) is 12.4 Å². The molecule has 1 aliphatic heterocycles. The van der Waals surface area contributed by atoms with Crippen molar-refractivity contribution >= 4 is 11.7 Å². The van der Waals surface area contributed by atoms with Crippen LogP contribution < -0.4 is 5.73 Å². The Hall–Kier alpha value is -2.47. The van der Waals surface area contributed by atoms with Gasteiger partial charge in [0.15, 0.2) is 0 Å². The Morgan fingerprint density at radius 3 is 2.73 bits per heavy atom. The third-order valence-electron chi connectivity index (χ3n) is 6.55. The lowest BCUT2D eigenvalue weighted by molar-refractivity contribution is -0.139. The molecule has 2 aromatic rings. The smallest absolute Gasteiger partial charge is 0.225 e. The number of pyridine rings is 2. The van der Waals surface area contributed by atoms with E-state index in [1.807, 2.05) is 24.0 Å². The van der Waals surface area contributed by atoms with Gasteiger partial charge in [0, 0.05) is 42.2 Å². The molecule has 1 unspecified atom stereocenters. The molecule has 3 N–H and O–H groups in total. The number of rotatable bonds is 4. The number of aliphatic hydroxyl groups is 1. The topological polar surface area (TPSA) is 92.3 Å². The Morgan fingerprint density at radius 1 is 1.20 bits per heavy atom. The summed E-state index contributed by atoms with van der Waals surface area (Å²) in [5, 5.41) is 10.8. The van der Waals surface area contributed by atoms with E-state index in [0.717, 1.165) is 74.0 Å². The first-order chi connectivity index (χ1) is 14.4. The van der Waals surface area contributed by atoms with E-state index >= 15 is 0 Å². The predicted molar refractivity (Wildman–Crippen MR) is 118 cm³/mol. The molecule has 4 rings (SSSR count). The van der Waals surface area contributed by atoms with Crippen LogP contribution in [-0.2, 0) is 4.79 Å². The second kappa shape index (κ2) is 8.72. The van der Waals surface area contributed by atoms with Gasteiger partial charge >= 0.3 is 0 Å². The first-order valence-corrected chi connectivity index (χ1v) is 11.1. The lowest BCUT2D eigenvalue weighted by Gasteiger charge is -2.37. The third kappa shape index (κ3) is 4.81. The van der Waals surface area contributed by atoms with Crippen LogP contribution in [0.3, 0.4) is 0 Å². The van der Waals surface area contributed by atoms with E-state index in [9.17, 15) is 9.90 Å². The maximum Gasteiger partial charge on any atom is 0.225 e. The van der Waals surface area contributed by atoms with Crippen LogP contribution in [0.25, 0.3) is 11.1 Å². The highest BCUT2D eigenvalue weighted by Crippen LogP contribution is 2.33. The maximum atomic E-state index is 13.0. The molecule has 30 heavy (non-hydrogen) atoms. The van der Waals surface area contributed by atoms with Crippen LogP contribution >= 0.6 is 0 Å². The molecule has 1 saturated carbocycles. The van der Waals surface area contributed by atoms with Crippen LogP contribution in [0, 0.1) is 6.92 Å². The summed E-state index contributed by atoms with van der Waals surface area (Å²) in [5.74, 6) is 0.801. The standard InChI is InChI=1S/C24H32N4O2/c1-17-12-20(18-7-8-22(25)26-15-18)13-21(27-17)19-6-5-11-28(16-19)23(29)14-24(30)9-3-2-4-10-24/h7-8,12-13,15,19,30H,2-6,9-11,14,16H2,1H3,(H2,25,26). The van der Waals surface area contributed by atoms with Crippen molar-refractivity contribution in [3.05, 3.63) is 41.9 Å². The molecule has 2 aromatic heterocycles. The number of hydrogen-bond donors (Lipinski definition) is 2. The molecule has 1 atom stereocenters. The average molecular weight is 409 g/mol. The fourth-order valence-electron chi connectivity index (χ4n) is 4.87. The normalized spacial score (nSPS) is 21.4. The van der Waals surface area contributed by atoms with Crippen LogP contribution in [0.15, 0.2) is 30.5 Å². The number of amides is 1. The molecular weight excluding hydrogens is 376 g/mol. The van der Waals surface area contributed by atoms with E-state index in [1.165, 1.54) is 0 Å². The lowest BCUT2D eigenvalue weighted by Crippen LogP contribution is -2.44. The Morgan fingerprint density at radius 2 is 2.00 bits per heavy atom. The van der Waals surface area contributed by atoms with Gasteiger partial charge in [-0.3, -0.25) is 9.78 Å². The molecule has 0 radical (unpaired) electrons. The largest absolute Gasteiger partial charge is 0.389 e. The molecule has 6 nitrogen and oxygen atoms in total. The molecule has 0 aromatic carbocycles. The Kier molecular flexibility index (Phi) is 6.04. The Labute approximate surface area is 178 Å². The van der Waals surface area contributed by atoms with Crippen LogP contribution in [0.1, 0.15) is 68.7 Å². The SMILES string of the molecule is Cc1cc(-c2ccc(N)nc2)cc(C2CCCN(C(=O)CC3(O)CCCCC3)C2)n1. The van der Waals surface area contributed by atoms with Crippen molar-refractivity contribution in [2.24, 2.45) is 0 Å². The van der Waals surface area contributed by atoms with Crippen molar-refractivity contribution in [3.8, 4) is 11.1 Å². The quantitative estimate of drug-likeness (QED) is 0.802. The molecule has 2 aliphatic rings. The highest BCUT2D eigenvalue weighted by atomic mass is 16.3. The molecule has 6 heteroatoms. The van der Waals surface area contributed by atoms with E-state index in [-0.39, 0.29) is 18.2 Å². The van der Waals surface area contributed by atoms with E-state index in [1.54, 1.807) is 6.20 Å². The highest BCUT2D eigenvalue weighted by molar-refractivity contribution is 5.77. The molecule has 3 heterocycles. The summed E-state index contributed by atoms with van der Waals surface area (Å²) in [6.45, 7) is 3.44. The number of nitrogens with two attached hydrogens (primary N) is 1. The molecule has 0 spiro atoms. The van der Waals surface area contributed by atoms with E-state index in [4.69, 9.17) is 10.7 Å². The Bertz CT molecular complexity index is 891. The number of piperidine rings is 1. The second-order valence-electron chi connectivity index (χ2n) is 9.03. The molecule has 1 aliphatic carbocycles. The number of aryl methyl sites for hydroxylation is 1. The third-order valence-corrected chi connectivity index (χ3v) is 6.55. The molecule has 0 bridgehead atoms. The summed E-state index contributed by atoms with van der Waals surface area (Å²) in [5.41, 5.74) is 8.98. The van der Waals surface area contributed by atoms with E-state index in [2.05, 4.69) is 17.1 Å². The number of likely N-dealkylation sites (tertiary alicyclic amines) is 1. The van der Waals surface area contributed by atoms with E-state index < -0.39 is 5.60 Å². The number of aromatic nitrogens is 2. The van der Waals surface area contributed by atoms with Gasteiger partial charge < -0.3 is 15.7 Å². The number of anilines is 1. The summed E-state index contributed by atoms with van der Waals surface area (Å²) >= 11 is 0. The predicted octanol–water partition coefficient (Wildman–Crippen LogP) is 3.83. The van der Waals surface area contributed by atoms with Crippen molar-refractivity contribution in [2.45, 2.75) is 69.8 Å². The maximum absolute atomic E-state index is 13.0. The minimum absolute atomic E-state index is 0.0831. The van der Waals surface area contributed by atoms with Gasteiger partial charge in [0.25, 0.3) is 0 Å². The number of nitrogen functional groups attached to an aromatic ring is 1. The number of nitrogens with zero attached hydrogens (tertiary/aromatic N) is 3.